The summed E-state index contributed by atoms with van der Waals surface area (Å²) in [6.07, 6.45) is -3.25. The molecule has 1 N–H and O–H groups in total. The molecule has 5 nitrogen and oxygen atoms in total. The van der Waals surface area contributed by atoms with Gasteiger partial charge in [0.25, 0.3) is 0 Å². The molecule has 2 rings (SSSR count). The molecule has 9 heteroatoms. The number of ether oxygens (including phenoxy) is 2. The van der Waals surface area contributed by atoms with Crippen molar-refractivity contribution in [1.82, 2.24) is 9.97 Å². The number of alkyl halides is 3. The van der Waals surface area contributed by atoms with Crippen LogP contribution in [0.3, 0.4) is 0 Å². The predicted octanol–water partition coefficient (Wildman–Crippen LogP) is 4.88. The number of halogens is 4. The van der Waals surface area contributed by atoms with Gasteiger partial charge in [0.1, 0.15) is 27.6 Å². The molecule has 0 fully saturated rings. The second kappa shape index (κ2) is 8.72. The quantitative estimate of drug-likeness (QED) is 0.782. The normalized spacial score (nSPS) is 10.5. The summed E-state index contributed by atoms with van der Waals surface area (Å²) in [7, 11) is 3.03. The summed E-state index contributed by atoms with van der Waals surface area (Å²) in [6.45, 7) is 4.00. The summed E-state index contributed by atoms with van der Waals surface area (Å²) in [5, 5.41) is 2.84. The second-order valence-corrected chi connectivity index (χ2v) is 4.81. The van der Waals surface area contributed by atoms with Gasteiger partial charge < -0.3 is 14.8 Å². The molecule has 0 aliphatic heterocycles. The number of rotatable bonds is 4. The lowest BCUT2D eigenvalue weighted by Crippen LogP contribution is -2.17. The molecule has 1 aromatic carbocycles. The van der Waals surface area contributed by atoms with Crippen LogP contribution in [0.25, 0.3) is 11.3 Å². The number of hydrogen-bond donors (Lipinski definition) is 1. The van der Waals surface area contributed by atoms with Crippen LogP contribution in [0.4, 0.5) is 19.0 Å². The third-order valence-electron chi connectivity index (χ3n) is 2.65. The summed E-state index contributed by atoms with van der Waals surface area (Å²) >= 11 is 3.26. The van der Waals surface area contributed by atoms with Gasteiger partial charge in [-0.25, -0.2) is 9.97 Å². The Bertz CT molecular complexity index is 681. The highest BCUT2D eigenvalue weighted by atomic mass is 79.9. The van der Waals surface area contributed by atoms with E-state index in [1.165, 1.54) is 25.4 Å². The van der Waals surface area contributed by atoms with Crippen molar-refractivity contribution in [1.29, 1.82) is 0 Å². The Morgan fingerprint density at radius 2 is 1.88 bits per heavy atom. The van der Waals surface area contributed by atoms with Crippen LogP contribution < -0.4 is 14.8 Å². The highest BCUT2D eigenvalue weighted by molar-refractivity contribution is 9.10. The molecule has 2 aromatic rings. The van der Waals surface area contributed by atoms with Gasteiger partial charge >= 0.3 is 6.36 Å². The molecule has 1 heterocycles. The van der Waals surface area contributed by atoms with Gasteiger partial charge in [0, 0.05) is 18.7 Å². The number of benzene rings is 1. The van der Waals surface area contributed by atoms with Crippen LogP contribution in [-0.4, -0.2) is 30.5 Å². The molecular weight excluding hydrogens is 391 g/mol. The van der Waals surface area contributed by atoms with Gasteiger partial charge in [-0.3, -0.25) is 0 Å². The molecule has 24 heavy (non-hydrogen) atoms. The maximum absolute atomic E-state index is 12.3. The van der Waals surface area contributed by atoms with Crippen molar-refractivity contribution in [3.8, 4) is 22.8 Å². The lowest BCUT2D eigenvalue weighted by atomic mass is 10.1. The maximum Gasteiger partial charge on any atom is 0.573 e. The molecule has 0 amide bonds. The first-order chi connectivity index (χ1) is 11.3. The van der Waals surface area contributed by atoms with Gasteiger partial charge in [0.2, 0.25) is 0 Å². The van der Waals surface area contributed by atoms with Gasteiger partial charge in [-0.2, -0.15) is 0 Å². The molecular formula is C15H17BrF3N3O2. The van der Waals surface area contributed by atoms with Crippen molar-refractivity contribution in [3.63, 3.8) is 0 Å². The van der Waals surface area contributed by atoms with E-state index in [1.807, 2.05) is 13.8 Å². The first kappa shape index (κ1) is 20.0. The molecule has 0 atom stereocenters. The molecule has 1 aromatic heterocycles. The number of nitrogens with one attached hydrogen (secondary N) is 1. The van der Waals surface area contributed by atoms with Crippen molar-refractivity contribution in [2.45, 2.75) is 20.2 Å². The third-order valence-corrected chi connectivity index (χ3v) is 3.23. The topological polar surface area (TPSA) is 56.3 Å². The van der Waals surface area contributed by atoms with Gasteiger partial charge in [0.15, 0.2) is 0 Å². The van der Waals surface area contributed by atoms with Crippen molar-refractivity contribution in [2.75, 3.05) is 19.5 Å². The van der Waals surface area contributed by atoms with E-state index in [1.54, 1.807) is 7.05 Å². The van der Waals surface area contributed by atoms with E-state index in [0.717, 1.165) is 6.07 Å². The van der Waals surface area contributed by atoms with Crippen molar-refractivity contribution in [2.24, 2.45) is 0 Å². The van der Waals surface area contributed by atoms with Crippen LogP contribution in [0.1, 0.15) is 13.8 Å². The standard InChI is InChI=1S/C13H11BrF3N3O2.C2H6/c1-18-10-6-19-12(14)11(20-10)8-4-3-7(5-9(8)21-2)22-13(15,16)17;1-2/h3-6H,1-2H3,(H,18,20);1-2H3. The number of methoxy groups -OCH3 is 1. The van der Waals surface area contributed by atoms with Crippen molar-refractivity contribution >= 4 is 21.7 Å². The summed E-state index contributed by atoms with van der Waals surface area (Å²) in [6, 6.07) is 3.75. The Balaban J connectivity index is 0.00000139. The van der Waals surface area contributed by atoms with Crippen molar-refractivity contribution in [3.05, 3.63) is 29.0 Å². The lowest BCUT2D eigenvalue weighted by Gasteiger charge is -2.13. The van der Waals surface area contributed by atoms with E-state index >= 15 is 0 Å². The first-order valence-electron chi connectivity index (χ1n) is 6.98. The molecule has 0 saturated carbocycles. The zero-order valence-corrected chi connectivity index (χ0v) is 15.1. The monoisotopic (exact) mass is 407 g/mol. The third kappa shape index (κ3) is 5.26. The van der Waals surface area contributed by atoms with Crippen LogP contribution in [0, 0.1) is 0 Å². The molecule has 0 unspecified atom stereocenters. The molecule has 0 radical (unpaired) electrons. The predicted molar refractivity (Wildman–Crippen MR) is 89.3 cm³/mol. The first-order valence-corrected chi connectivity index (χ1v) is 7.78. The average Bonchev–Trinajstić information content (AvgIpc) is 2.56. The second-order valence-electron chi connectivity index (χ2n) is 4.05. The van der Waals surface area contributed by atoms with Crippen LogP contribution in [-0.2, 0) is 0 Å². The molecule has 132 valence electrons. The zero-order chi connectivity index (χ0) is 18.3. The fourth-order valence-electron chi connectivity index (χ4n) is 1.73. The molecule has 0 spiro atoms. The number of anilines is 1. The molecule has 0 aliphatic rings. The van der Waals surface area contributed by atoms with Gasteiger partial charge in [-0.1, -0.05) is 13.8 Å². The average molecular weight is 408 g/mol. The fourth-order valence-corrected chi connectivity index (χ4v) is 2.14. The van der Waals surface area contributed by atoms with E-state index in [-0.39, 0.29) is 11.5 Å². The van der Waals surface area contributed by atoms with Crippen LogP contribution in [0.5, 0.6) is 11.5 Å². The van der Waals surface area contributed by atoms with E-state index in [0.29, 0.717) is 21.7 Å². The lowest BCUT2D eigenvalue weighted by molar-refractivity contribution is -0.274. The Labute approximate surface area is 146 Å². The number of hydrogen-bond acceptors (Lipinski definition) is 5. The van der Waals surface area contributed by atoms with Crippen LogP contribution in [0.2, 0.25) is 0 Å². The summed E-state index contributed by atoms with van der Waals surface area (Å²) < 4.78 is 46.2. The van der Waals surface area contributed by atoms with E-state index < -0.39 is 6.36 Å². The minimum Gasteiger partial charge on any atom is -0.496 e. The van der Waals surface area contributed by atoms with E-state index in [2.05, 4.69) is 36.0 Å². The summed E-state index contributed by atoms with van der Waals surface area (Å²) in [4.78, 5) is 8.42. The minimum absolute atomic E-state index is 0.185. The van der Waals surface area contributed by atoms with Crippen LogP contribution >= 0.6 is 15.9 Å². The summed E-state index contributed by atoms with van der Waals surface area (Å²) in [5.74, 6) is 0.322. The van der Waals surface area contributed by atoms with Crippen molar-refractivity contribution < 1.29 is 22.6 Å². The Morgan fingerprint density at radius 3 is 2.42 bits per heavy atom. The largest absolute Gasteiger partial charge is 0.573 e. The molecule has 0 bridgehead atoms. The maximum atomic E-state index is 12.3. The van der Waals surface area contributed by atoms with Gasteiger partial charge in [-0.15, -0.1) is 13.2 Å². The van der Waals surface area contributed by atoms with E-state index in [4.69, 9.17) is 4.74 Å². The number of nitrogens with zero attached hydrogens (tertiary/aromatic N) is 2. The van der Waals surface area contributed by atoms with E-state index in [9.17, 15) is 13.2 Å². The highest BCUT2D eigenvalue weighted by Gasteiger charge is 2.31. The molecule has 0 saturated heterocycles. The minimum atomic E-state index is -4.76. The van der Waals surface area contributed by atoms with Gasteiger partial charge in [0.05, 0.1) is 13.3 Å². The fraction of sp³-hybridized carbons (Fsp3) is 0.333. The van der Waals surface area contributed by atoms with Gasteiger partial charge in [-0.05, 0) is 28.1 Å². The Morgan fingerprint density at radius 1 is 1.21 bits per heavy atom. The Kier molecular flexibility index (Phi) is 7.27. The van der Waals surface area contributed by atoms with Crippen LogP contribution in [0.15, 0.2) is 29.0 Å². The SMILES string of the molecule is CC.CNc1cnc(Br)c(-c2ccc(OC(F)(F)F)cc2OC)n1. The molecule has 0 aliphatic carbocycles. The zero-order valence-electron chi connectivity index (χ0n) is 13.5. The summed E-state index contributed by atoms with van der Waals surface area (Å²) in [5.41, 5.74) is 0.913. The smallest absolute Gasteiger partial charge is 0.496 e. The highest BCUT2D eigenvalue weighted by Crippen LogP contribution is 2.37. The Hall–Kier alpha value is -2.03. The number of aromatic nitrogens is 2.